The summed E-state index contributed by atoms with van der Waals surface area (Å²) in [7, 11) is 0. The number of hydrogen-bond acceptors (Lipinski definition) is 5. The molecule has 0 spiro atoms. The lowest BCUT2D eigenvalue weighted by Gasteiger charge is -2.33. The lowest BCUT2D eigenvalue weighted by Crippen LogP contribution is -2.50. The second kappa shape index (κ2) is 5.92. The average Bonchev–Trinajstić information content (AvgIpc) is 3.09. The number of rotatable bonds is 2. The first-order valence-corrected chi connectivity index (χ1v) is 7.02. The molecule has 114 valence electrons. The van der Waals surface area contributed by atoms with Crippen LogP contribution in [0.5, 0.6) is 0 Å². The van der Waals surface area contributed by atoms with Crippen LogP contribution >= 0.6 is 0 Å². The van der Waals surface area contributed by atoms with Gasteiger partial charge < -0.3 is 9.80 Å². The highest BCUT2D eigenvalue weighted by Gasteiger charge is 2.24. The lowest BCUT2D eigenvalue weighted by molar-refractivity contribution is -0.130. The summed E-state index contributed by atoms with van der Waals surface area (Å²) in [6.07, 6.45) is 5.02. The molecule has 0 radical (unpaired) electrons. The van der Waals surface area contributed by atoms with Gasteiger partial charge in [-0.25, -0.2) is 4.98 Å². The van der Waals surface area contributed by atoms with Crippen molar-refractivity contribution in [2.45, 2.75) is 6.92 Å². The van der Waals surface area contributed by atoms with Crippen molar-refractivity contribution in [3.63, 3.8) is 0 Å². The van der Waals surface area contributed by atoms with E-state index in [4.69, 9.17) is 0 Å². The Kier molecular flexibility index (Phi) is 3.82. The van der Waals surface area contributed by atoms with Crippen LogP contribution in [0.2, 0.25) is 0 Å². The monoisotopic (exact) mass is 300 g/mol. The molecule has 1 aliphatic heterocycles. The van der Waals surface area contributed by atoms with Gasteiger partial charge >= 0.3 is 0 Å². The van der Waals surface area contributed by atoms with Crippen LogP contribution in [0.15, 0.2) is 30.9 Å². The van der Waals surface area contributed by atoms with E-state index in [2.05, 4.69) is 15.2 Å². The normalized spacial score (nSPS) is 15.0. The van der Waals surface area contributed by atoms with E-state index in [0.29, 0.717) is 37.7 Å². The van der Waals surface area contributed by atoms with E-state index in [1.165, 1.54) is 6.92 Å². The van der Waals surface area contributed by atoms with E-state index in [1.54, 1.807) is 45.2 Å². The Morgan fingerprint density at radius 1 is 1.05 bits per heavy atom. The van der Waals surface area contributed by atoms with Crippen molar-refractivity contribution in [3.05, 3.63) is 36.5 Å². The molecule has 22 heavy (non-hydrogen) atoms. The largest absolute Gasteiger partial charge is 0.339 e. The summed E-state index contributed by atoms with van der Waals surface area (Å²) < 4.78 is 1.72. The number of aromatic nitrogens is 4. The highest BCUT2D eigenvalue weighted by molar-refractivity contribution is 5.92. The molecule has 0 atom stereocenters. The van der Waals surface area contributed by atoms with E-state index >= 15 is 0 Å². The molecule has 8 heteroatoms. The summed E-state index contributed by atoms with van der Waals surface area (Å²) >= 11 is 0. The van der Waals surface area contributed by atoms with E-state index in [1.807, 2.05) is 0 Å². The molecular formula is C14H16N6O2. The summed E-state index contributed by atoms with van der Waals surface area (Å²) in [6.45, 7) is 3.69. The van der Waals surface area contributed by atoms with Crippen molar-refractivity contribution in [3.8, 4) is 5.82 Å². The first-order valence-electron chi connectivity index (χ1n) is 7.02. The van der Waals surface area contributed by atoms with Crippen molar-refractivity contribution in [1.82, 2.24) is 29.5 Å². The van der Waals surface area contributed by atoms with Gasteiger partial charge in [-0.05, 0) is 12.1 Å². The Morgan fingerprint density at radius 2 is 1.77 bits per heavy atom. The van der Waals surface area contributed by atoms with Crippen LogP contribution < -0.4 is 0 Å². The van der Waals surface area contributed by atoms with Gasteiger partial charge in [0.2, 0.25) is 5.91 Å². The number of nitrogens with zero attached hydrogens (tertiary/aromatic N) is 6. The smallest absolute Gasteiger partial charge is 0.274 e. The zero-order chi connectivity index (χ0) is 15.5. The Labute approximate surface area is 127 Å². The molecule has 8 nitrogen and oxygen atoms in total. The van der Waals surface area contributed by atoms with Gasteiger partial charge in [0.05, 0.1) is 0 Å². The summed E-state index contributed by atoms with van der Waals surface area (Å²) in [5.74, 6) is 0.486. The highest BCUT2D eigenvalue weighted by Crippen LogP contribution is 2.08. The van der Waals surface area contributed by atoms with Crippen LogP contribution in [0.1, 0.15) is 17.4 Å². The van der Waals surface area contributed by atoms with Crippen molar-refractivity contribution < 1.29 is 9.59 Å². The van der Waals surface area contributed by atoms with Crippen LogP contribution in [0, 0.1) is 0 Å². The first-order chi connectivity index (χ1) is 10.6. The van der Waals surface area contributed by atoms with E-state index < -0.39 is 0 Å². The minimum absolute atomic E-state index is 0.0385. The molecule has 2 aromatic heterocycles. The molecule has 0 bridgehead atoms. The zero-order valence-electron chi connectivity index (χ0n) is 12.2. The van der Waals surface area contributed by atoms with Gasteiger partial charge in [0, 0.05) is 45.5 Å². The molecule has 0 saturated carbocycles. The van der Waals surface area contributed by atoms with Gasteiger partial charge in [0.1, 0.15) is 6.33 Å². The predicted octanol–water partition coefficient (Wildman–Crippen LogP) is -0.0334. The van der Waals surface area contributed by atoms with Gasteiger partial charge in [-0.2, -0.15) is 0 Å². The molecule has 1 fully saturated rings. The van der Waals surface area contributed by atoms with Gasteiger partial charge in [-0.3, -0.25) is 14.2 Å². The second-order valence-corrected chi connectivity index (χ2v) is 5.04. The molecule has 3 heterocycles. The van der Waals surface area contributed by atoms with Crippen molar-refractivity contribution in [1.29, 1.82) is 0 Å². The summed E-state index contributed by atoms with van der Waals surface area (Å²) in [4.78, 5) is 31.0. The third-order valence-electron chi connectivity index (χ3n) is 3.65. The molecule has 2 amide bonds. The third kappa shape index (κ3) is 2.80. The average molecular weight is 300 g/mol. The van der Waals surface area contributed by atoms with Crippen LogP contribution in [-0.2, 0) is 4.79 Å². The van der Waals surface area contributed by atoms with Crippen LogP contribution in [0.3, 0.4) is 0 Å². The fourth-order valence-corrected chi connectivity index (χ4v) is 2.36. The number of carbonyl (C=O) groups excluding carboxylic acids is 2. The number of amides is 2. The number of hydrogen-bond donors (Lipinski definition) is 0. The molecule has 2 aromatic rings. The fourth-order valence-electron chi connectivity index (χ4n) is 2.36. The third-order valence-corrected chi connectivity index (χ3v) is 3.65. The molecular weight excluding hydrogens is 284 g/mol. The zero-order valence-corrected chi connectivity index (χ0v) is 12.2. The molecule has 0 aromatic carbocycles. The Morgan fingerprint density at radius 3 is 2.32 bits per heavy atom. The second-order valence-electron chi connectivity index (χ2n) is 5.04. The first kappa shape index (κ1) is 14.2. The number of piperazine rings is 1. The predicted molar refractivity (Wildman–Crippen MR) is 77.3 cm³/mol. The van der Waals surface area contributed by atoms with Gasteiger partial charge in [-0.1, -0.05) is 0 Å². The molecule has 1 saturated heterocycles. The van der Waals surface area contributed by atoms with Crippen LogP contribution in [0.25, 0.3) is 5.82 Å². The minimum Gasteiger partial charge on any atom is -0.339 e. The maximum Gasteiger partial charge on any atom is 0.274 e. The molecule has 0 N–H and O–H groups in total. The highest BCUT2D eigenvalue weighted by atomic mass is 16.2. The molecule has 1 aliphatic rings. The number of imidazole rings is 1. The Balaban J connectivity index is 1.67. The van der Waals surface area contributed by atoms with Gasteiger partial charge in [-0.15, -0.1) is 10.2 Å². The molecule has 3 rings (SSSR count). The topological polar surface area (TPSA) is 84.2 Å². The van der Waals surface area contributed by atoms with E-state index in [9.17, 15) is 9.59 Å². The summed E-state index contributed by atoms with van der Waals surface area (Å²) in [6, 6.07) is 3.38. The maximum absolute atomic E-state index is 12.4. The summed E-state index contributed by atoms with van der Waals surface area (Å²) in [5.41, 5.74) is 0.306. The molecule has 0 aliphatic carbocycles. The molecule has 0 unspecified atom stereocenters. The standard InChI is InChI=1S/C14H16N6O2/c1-11(21)18-6-8-19(9-7-18)14(22)12-2-3-13(17-16-12)20-5-4-15-10-20/h2-5,10H,6-9H2,1H3. The van der Waals surface area contributed by atoms with Crippen molar-refractivity contribution in [2.24, 2.45) is 0 Å². The van der Waals surface area contributed by atoms with Gasteiger partial charge in [0.15, 0.2) is 11.5 Å². The quantitative estimate of drug-likeness (QED) is 0.777. The van der Waals surface area contributed by atoms with Gasteiger partial charge in [0.25, 0.3) is 5.91 Å². The van der Waals surface area contributed by atoms with Crippen molar-refractivity contribution >= 4 is 11.8 Å². The van der Waals surface area contributed by atoms with E-state index in [-0.39, 0.29) is 11.8 Å². The van der Waals surface area contributed by atoms with Crippen LogP contribution in [-0.4, -0.2) is 67.5 Å². The maximum atomic E-state index is 12.4. The minimum atomic E-state index is -0.159. The SMILES string of the molecule is CC(=O)N1CCN(C(=O)c2ccc(-n3ccnc3)nn2)CC1. The van der Waals surface area contributed by atoms with Crippen molar-refractivity contribution in [2.75, 3.05) is 26.2 Å². The Bertz CT molecular complexity index is 659. The summed E-state index contributed by atoms with van der Waals surface area (Å²) in [5, 5.41) is 8.03. The number of carbonyl (C=O) groups is 2. The Hall–Kier alpha value is -2.77. The van der Waals surface area contributed by atoms with Crippen LogP contribution in [0.4, 0.5) is 0 Å². The lowest BCUT2D eigenvalue weighted by atomic mass is 10.2. The fraction of sp³-hybridized carbons (Fsp3) is 0.357. The van der Waals surface area contributed by atoms with E-state index in [0.717, 1.165) is 0 Å².